The molecular weight excluding hydrogens is 208 g/mol. The van der Waals surface area contributed by atoms with Crippen LogP contribution in [-0.4, -0.2) is 14.1 Å². The Morgan fingerprint density at radius 2 is 1.47 bits per heavy atom. The number of hydrogen-bond acceptors (Lipinski definition) is 2. The molecule has 0 atom stereocenters. The maximum atomic E-state index is 5.80. The quantitative estimate of drug-likeness (QED) is 0.872. The lowest BCUT2D eigenvalue weighted by Gasteiger charge is -2.19. The summed E-state index contributed by atoms with van der Waals surface area (Å²) in [4.78, 5) is 2.13. The minimum absolute atomic E-state index is 0.567. The molecule has 17 heavy (non-hydrogen) atoms. The van der Waals surface area contributed by atoms with Crippen molar-refractivity contribution in [2.45, 2.75) is 6.54 Å². The molecule has 0 saturated carbocycles. The van der Waals surface area contributed by atoms with Crippen molar-refractivity contribution in [2.24, 2.45) is 5.73 Å². The molecular formula is C15H18N2. The third-order valence-corrected chi connectivity index (χ3v) is 2.91. The van der Waals surface area contributed by atoms with Gasteiger partial charge in [-0.3, -0.25) is 0 Å². The average Bonchev–Trinajstić information content (AvgIpc) is 2.38. The van der Waals surface area contributed by atoms with E-state index in [9.17, 15) is 0 Å². The predicted molar refractivity (Wildman–Crippen MR) is 74.1 cm³/mol. The highest BCUT2D eigenvalue weighted by atomic mass is 15.1. The number of anilines is 1. The lowest BCUT2D eigenvalue weighted by molar-refractivity contribution is 1.07. The average molecular weight is 226 g/mol. The topological polar surface area (TPSA) is 29.3 Å². The second-order valence-corrected chi connectivity index (χ2v) is 4.27. The van der Waals surface area contributed by atoms with E-state index in [0.29, 0.717) is 6.54 Å². The van der Waals surface area contributed by atoms with Crippen molar-refractivity contribution < 1.29 is 0 Å². The van der Waals surface area contributed by atoms with Crippen LogP contribution in [0.4, 0.5) is 5.69 Å². The molecule has 2 aromatic carbocycles. The van der Waals surface area contributed by atoms with E-state index in [1.807, 2.05) is 6.07 Å². The molecule has 0 heterocycles. The zero-order chi connectivity index (χ0) is 12.3. The second-order valence-electron chi connectivity index (χ2n) is 4.27. The summed E-state index contributed by atoms with van der Waals surface area (Å²) in [6.45, 7) is 0.567. The van der Waals surface area contributed by atoms with Gasteiger partial charge in [0.2, 0.25) is 0 Å². The van der Waals surface area contributed by atoms with Gasteiger partial charge in [-0.05, 0) is 17.2 Å². The van der Waals surface area contributed by atoms with Crippen LogP contribution in [0.5, 0.6) is 0 Å². The van der Waals surface area contributed by atoms with Crippen molar-refractivity contribution in [3.63, 3.8) is 0 Å². The lowest BCUT2D eigenvalue weighted by atomic mass is 9.98. The largest absolute Gasteiger partial charge is 0.377 e. The van der Waals surface area contributed by atoms with Crippen LogP contribution in [0.1, 0.15) is 5.56 Å². The van der Waals surface area contributed by atoms with Crippen molar-refractivity contribution in [3.8, 4) is 11.1 Å². The highest BCUT2D eigenvalue weighted by Crippen LogP contribution is 2.31. The van der Waals surface area contributed by atoms with E-state index in [0.717, 1.165) is 0 Å². The van der Waals surface area contributed by atoms with Gasteiger partial charge in [-0.2, -0.15) is 0 Å². The first-order valence-electron chi connectivity index (χ1n) is 5.78. The van der Waals surface area contributed by atoms with Gasteiger partial charge in [-0.15, -0.1) is 0 Å². The standard InChI is InChI=1S/C15H18N2/c1-17(2)15-10-6-5-9-14(15)13-8-4-3-7-12(13)11-16/h3-10H,11,16H2,1-2H3. The number of benzene rings is 2. The van der Waals surface area contributed by atoms with Gasteiger partial charge in [0.1, 0.15) is 0 Å². The molecule has 88 valence electrons. The van der Waals surface area contributed by atoms with E-state index in [-0.39, 0.29) is 0 Å². The summed E-state index contributed by atoms with van der Waals surface area (Å²) in [5, 5.41) is 0. The Bertz CT molecular complexity index is 504. The molecule has 2 N–H and O–H groups in total. The maximum Gasteiger partial charge on any atom is 0.0440 e. The second kappa shape index (κ2) is 5.02. The van der Waals surface area contributed by atoms with Crippen LogP contribution in [0.3, 0.4) is 0 Å². The van der Waals surface area contributed by atoms with Crippen molar-refractivity contribution >= 4 is 5.69 Å². The van der Waals surface area contributed by atoms with E-state index in [2.05, 4.69) is 61.5 Å². The fourth-order valence-corrected chi connectivity index (χ4v) is 2.05. The third kappa shape index (κ3) is 2.32. The summed E-state index contributed by atoms with van der Waals surface area (Å²) in [6.07, 6.45) is 0. The van der Waals surface area contributed by atoms with Gasteiger partial charge in [0.25, 0.3) is 0 Å². The van der Waals surface area contributed by atoms with Crippen LogP contribution in [0.15, 0.2) is 48.5 Å². The number of hydrogen-bond donors (Lipinski definition) is 1. The molecule has 0 unspecified atom stereocenters. The number of nitrogens with zero attached hydrogens (tertiary/aromatic N) is 1. The molecule has 2 aromatic rings. The zero-order valence-corrected chi connectivity index (χ0v) is 10.4. The number of para-hydroxylation sites is 1. The van der Waals surface area contributed by atoms with E-state index in [1.165, 1.54) is 22.4 Å². The van der Waals surface area contributed by atoms with E-state index in [4.69, 9.17) is 5.73 Å². The molecule has 0 saturated heterocycles. The summed E-state index contributed by atoms with van der Waals surface area (Å²) in [5.41, 5.74) is 10.7. The summed E-state index contributed by atoms with van der Waals surface area (Å²) in [5.74, 6) is 0. The summed E-state index contributed by atoms with van der Waals surface area (Å²) < 4.78 is 0. The van der Waals surface area contributed by atoms with Gasteiger partial charge < -0.3 is 10.6 Å². The normalized spacial score (nSPS) is 10.3. The first-order valence-corrected chi connectivity index (χ1v) is 5.78. The monoisotopic (exact) mass is 226 g/mol. The van der Waals surface area contributed by atoms with Crippen LogP contribution < -0.4 is 10.6 Å². The Morgan fingerprint density at radius 1 is 0.882 bits per heavy atom. The van der Waals surface area contributed by atoms with Gasteiger partial charge in [-0.25, -0.2) is 0 Å². The minimum atomic E-state index is 0.567. The fraction of sp³-hybridized carbons (Fsp3) is 0.200. The summed E-state index contributed by atoms with van der Waals surface area (Å²) in [6, 6.07) is 16.7. The molecule has 0 radical (unpaired) electrons. The molecule has 0 aromatic heterocycles. The SMILES string of the molecule is CN(C)c1ccccc1-c1ccccc1CN. The summed E-state index contributed by atoms with van der Waals surface area (Å²) in [7, 11) is 4.12. The van der Waals surface area contributed by atoms with Gasteiger partial charge in [0, 0.05) is 31.9 Å². The Balaban J connectivity index is 2.60. The molecule has 2 rings (SSSR count). The summed E-state index contributed by atoms with van der Waals surface area (Å²) >= 11 is 0. The van der Waals surface area contributed by atoms with Crippen LogP contribution >= 0.6 is 0 Å². The van der Waals surface area contributed by atoms with Gasteiger partial charge >= 0.3 is 0 Å². The molecule has 0 aliphatic heterocycles. The Kier molecular flexibility index (Phi) is 3.45. The zero-order valence-electron chi connectivity index (χ0n) is 10.4. The number of nitrogens with two attached hydrogens (primary N) is 1. The smallest absolute Gasteiger partial charge is 0.0440 e. The molecule has 2 heteroatoms. The minimum Gasteiger partial charge on any atom is -0.377 e. The van der Waals surface area contributed by atoms with Gasteiger partial charge in [0.05, 0.1) is 0 Å². The number of rotatable bonds is 3. The fourth-order valence-electron chi connectivity index (χ4n) is 2.05. The predicted octanol–water partition coefficient (Wildman–Crippen LogP) is 2.88. The van der Waals surface area contributed by atoms with E-state index in [1.54, 1.807) is 0 Å². The van der Waals surface area contributed by atoms with Crippen LogP contribution in [0, 0.1) is 0 Å². The van der Waals surface area contributed by atoms with Crippen molar-refractivity contribution in [2.75, 3.05) is 19.0 Å². The van der Waals surface area contributed by atoms with Crippen molar-refractivity contribution in [1.82, 2.24) is 0 Å². The molecule has 0 bridgehead atoms. The van der Waals surface area contributed by atoms with Crippen LogP contribution in [-0.2, 0) is 6.54 Å². The maximum absolute atomic E-state index is 5.80. The van der Waals surface area contributed by atoms with Gasteiger partial charge in [0.15, 0.2) is 0 Å². The highest BCUT2D eigenvalue weighted by Gasteiger charge is 2.08. The highest BCUT2D eigenvalue weighted by molar-refractivity contribution is 5.80. The van der Waals surface area contributed by atoms with Crippen molar-refractivity contribution in [3.05, 3.63) is 54.1 Å². The Labute approximate surface area is 103 Å². The molecule has 0 amide bonds. The van der Waals surface area contributed by atoms with E-state index >= 15 is 0 Å². The lowest BCUT2D eigenvalue weighted by Crippen LogP contribution is -2.10. The molecule has 0 spiro atoms. The Morgan fingerprint density at radius 3 is 2.12 bits per heavy atom. The first-order chi connectivity index (χ1) is 8.24. The van der Waals surface area contributed by atoms with Crippen LogP contribution in [0.25, 0.3) is 11.1 Å². The third-order valence-electron chi connectivity index (χ3n) is 2.91. The molecule has 0 aliphatic rings. The van der Waals surface area contributed by atoms with Crippen molar-refractivity contribution in [1.29, 1.82) is 0 Å². The van der Waals surface area contributed by atoms with Crippen LogP contribution in [0.2, 0.25) is 0 Å². The molecule has 0 aliphatic carbocycles. The molecule has 0 fully saturated rings. The van der Waals surface area contributed by atoms with E-state index < -0.39 is 0 Å². The molecule has 2 nitrogen and oxygen atoms in total. The first kappa shape index (κ1) is 11.7. The van der Waals surface area contributed by atoms with Gasteiger partial charge in [-0.1, -0.05) is 42.5 Å². The Hall–Kier alpha value is -1.80.